The highest BCUT2D eigenvalue weighted by molar-refractivity contribution is 7.08. The van der Waals surface area contributed by atoms with Crippen molar-refractivity contribution >= 4 is 17.3 Å². The first-order chi connectivity index (χ1) is 7.18. The highest BCUT2D eigenvalue weighted by Crippen LogP contribution is 2.23. The lowest BCUT2D eigenvalue weighted by Gasteiger charge is -2.01. The number of rotatable bonds is 2. The quantitative estimate of drug-likeness (QED) is 0.812. The van der Waals surface area contributed by atoms with Crippen molar-refractivity contribution in [2.75, 3.05) is 0 Å². The zero-order valence-corrected chi connectivity index (χ0v) is 8.38. The van der Waals surface area contributed by atoms with Gasteiger partial charge in [-0.25, -0.2) is 4.79 Å². The minimum absolute atomic E-state index is 0.0251. The molecule has 0 radical (unpaired) electrons. The predicted molar refractivity (Wildman–Crippen MR) is 57.3 cm³/mol. The van der Waals surface area contributed by atoms with Gasteiger partial charge in [0.25, 0.3) is 0 Å². The molecule has 0 amide bonds. The van der Waals surface area contributed by atoms with Crippen molar-refractivity contribution in [1.82, 2.24) is 4.98 Å². The Labute approximate surface area is 88.8 Å². The van der Waals surface area contributed by atoms with Gasteiger partial charge in [-0.1, -0.05) is 0 Å². The van der Waals surface area contributed by atoms with Gasteiger partial charge in [-0.2, -0.15) is 11.3 Å². The maximum Gasteiger partial charge on any atom is 0.336 e. The summed E-state index contributed by atoms with van der Waals surface area (Å²) in [4.78, 5) is 24.4. The molecule has 2 N–H and O–H groups in total. The number of pyridine rings is 1. The lowest BCUT2D eigenvalue weighted by atomic mass is 10.1. The van der Waals surface area contributed by atoms with E-state index >= 15 is 0 Å². The van der Waals surface area contributed by atoms with E-state index in [0.29, 0.717) is 5.56 Å². The Hall–Kier alpha value is -1.88. The molecule has 2 aromatic heterocycles. The number of hydrogen-bond donors (Lipinski definition) is 2. The fourth-order valence-electron chi connectivity index (χ4n) is 1.31. The Balaban J connectivity index is 2.66. The molecule has 2 heterocycles. The number of carboxylic acid groups (broad SMARTS) is 1. The van der Waals surface area contributed by atoms with E-state index in [1.54, 1.807) is 0 Å². The first kappa shape index (κ1) is 9.67. The van der Waals surface area contributed by atoms with Crippen molar-refractivity contribution in [2.24, 2.45) is 0 Å². The Morgan fingerprint density at radius 3 is 2.87 bits per heavy atom. The predicted octanol–water partition coefficient (Wildman–Crippen LogP) is 1.80. The van der Waals surface area contributed by atoms with E-state index in [2.05, 4.69) is 4.98 Å². The van der Waals surface area contributed by atoms with Crippen molar-refractivity contribution in [3.05, 3.63) is 45.0 Å². The SMILES string of the molecule is O=C(O)c1cc(=O)[nH]cc1-c1ccsc1. The third-order valence-electron chi connectivity index (χ3n) is 1.99. The van der Waals surface area contributed by atoms with Crippen molar-refractivity contribution in [3.8, 4) is 11.1 Å². The fourth-order valence-corrected chi connectivity index (χ4v) is 1.96. The number of carbonyl (C=O) groups is 1. The summed E-state index contributed by atoms with van der Waals surface area (Å²) in [7, 11) is 0. The van der Waals surface area contributed by atoms with Gasteiger partial charge in [0.15, 0.2) is 0 Å². The van der Waals surface area contributed by atoms with Crippen LogP contribution in [0.5, 0.6) is 0 Å². The van der Waals surface area contributed by atoms with Crippen LogP contribution in [-0.2, 0) is 0 Å². The van der Waals surface area contributed by atoms with Gasteiger partial charge in [-0.15, -0.1) is 0 Å². The van der Waals surface area contributed by atoms with Crippen LogP contribution in [0.15, 0.2) is 33.9 Å². The first-order valence-corrected chi connectivity index (χ1v) is 5.11. The van der Waals surface area contributed by atoms with E-state index in [9.17, 15) is 9.59 Å². The van der Waals surface area contributed by atoms with Gasteiger partial charge in [0, 0.05) is 17.8 Å². The van der Waals surface area contributed by atoms with Crippen LogP contribution in [0.3, 0.4) is 0 Å². The van der Waals surface area contributed by atoms with E-state index < -0.39 is 11.5 Å². The average Bonchev–Trinajstić information content (AvgIpc) is 2.70. The molecular weight excluding hydrogens is 214 g/mol. The molecule has 0 aromatic carbocycles. The normalized spacial score (nSPS) is 10.1. The maximum atomic E-state index is 11.0. The molecule has 4 nitrogen and oxygen atoms in total. The van der Waals surface area contributed by atoms with Crippen molar-refractivity contribution in [3.63, 3.8) is 0 Å². The standard InChI is InChI=1S/C10H7NO3S/c12-9-3-7(10(13)14)8(4-11-9)6-1-2-15-5-6/h1-5H,(H,11,12)(H,13,14). The number of aromatic amines is 1. The van der Waals surface area contributed by atoms with E-state index in [1.807, 2.05) is 16.8 Å². The Kier molecular flexibility index (Phi) is 2.39. The third-order valence-corrected chi connectivity index (χ3v) is 2.67. The summed E-state index contributed by atoms with van der Waals surface area (Å²) in [5, 5.41) is 12.6. The Bertz CT molecular complexity index is 542. The third kappa shape index (κ3) is 1.82. The molecule has 0 spiro atoms. The van der Waals surface area contributed by atoms with Crippen LogP contribution in [0.1, 0.15) is 10.4 Å². The van der Waals surface area contributed by atoms with Gasteiger partial charge < -0.3 is 10.1 Å². The minimum Gasteiger partial charge on any atom is -0.478 e. The second-order valence-corrected chi connectivity index (χ2v) is 3.72. The van der Waals surface area contributed by atoms with Gasteiger partial charge in [0.1, 0.15) is 0 Å². The number of aromatic nitrogens is 1. The van der Waals surface area contributed by atoms with Crippen molar-refractivity contribution < 1.29 is 9.90 Å². The molecule has 0 saturated carbocycles. The largest absolute Gasteiger partial charge is 0.478 e. The summed E-state index contributed by atoms with van der Waals surface area (Å²) >= 11 is 1.47. The molecule has 0 atom stereocenters. The molecule has 0 fully saturated rings. The van der Waals surface area contributed by atoms with Crippen LogP contribution in [0.25, 0.3) is 11.1 Å². The second-order valence-electron chi connectivity index (χ2n) is 2.94. The summed E-state index contributed by atoms with van der Waals surface area (Å²) in [6, 6.07) is 2.90. The highest BCUT2D eigenvalue weighted by atomic mass is 32.1. The molecule has 0 bridgehead atoms. The smallest absolute Gasteiger partial charge is 0.336 e. The number of nitrogens with one attached hydrogen (secondary N) is 1. The van der Waals surface area contributed by atoms with Gasteiger partial charge in [0.05, 0.1) is 5.56 Å². The average molecular weight is 221 g/mol. The van der Waals surface area contributed by atoms with Crippen LogP contribution < -0.4 is 5.56 Å². The molecule has 15 heavy (non-hydrogen) atoms. The second kappa shape index (κ2) is 3.70. The van der Waals surface area contributed by atoms with Crippen LogP contribution >= 0.6 is 11.3 Å². The Morgan fingerprint density at radius 2 is 2.27 bits per heavy atom. The molecule has 0 aliphatic heterocycles. The van der Waals surface area contributed by atoms with Crippen LogP contribution in [0.4, 0.5) is 0 Å². The molecule has 0 aliphatic rings. The first-order valence-electron chi connectivity index (χ1n) is 4.17. The fraction of sp³-hybridized carbons (Fsp3) is 0. The van der Waals surface area contributed by atoms with Gasteiger partial charge in [-0.3, -0.25) is 4.79 Å². The van der Waals surface area contributed by atoms with Crippen LogP contribution in [-0.4, -0.2) is 16.1 Å². The summed E-state index contributed by atoms with van der Waals surface area (Å²) in [5.74, 6) is -1.10. The molecule has 2 aromatic rings. The Morgan fingerprint density at radius 1 is 1.47 bits per heavy atom. The molecule has 2 rings (SSSR count). The van der Waals surface area contributed by atoms with E-state index in [0.717, 1.165) is 11.6 Å². The van der Waals surface area contributed by atoms with Gasteiger partial charge in [-0.05, 0) is 22.4 Å². The van der Waals surface area contributed by atoms with Crippen molar-refractivity contribution in [1.29, 1.82) is 0 Å². The number of H-pyrrole nitrogens is 1. The van der Waals surface area contributed by atoms with E-state index in [-0.39, 0.29) is 5.56 Å². The van der Waals surface area contributed by atoms with Gasteiger partial charge in [0.2, 0.25) is 5.56 Å². The number of carboxylic acids is 1. The molecule has 76 valence electrons. The highest BCUT2D eigenvalue weighted by Gasteiger charge is 2.12. The zero-order chi connectivity index (χ0) is 10.8. The molecule has 0 saturated heterocycles. The van der Waals surface area contributed by atoms with Crippen LogP contribution in [0.2, 0.25) is 0 Å². The van der Waals surface area contributed by atoms with Gasteiger partial charge >= 0.3 is 5.97 Å². The van der Waals surface area contributed by atoms with E-state index in [1.165, 1.54) is 17.5 Å². The summed E-state index contributed by atoms with van der Waals surface area (Å²) in [6.07, 6.45) is 1.42. The van der Waals surface area contributed by atoms with Crippen LogP contribution in [0, 0.1) is 0 Å². The molecular formula is C10H7NO3S. The lowest BCUT2D eigenvalue weighted by Crippen LogP contribution is -2.10. The molecule has 0 unspecified atom stereocenters. The summed E-state index contributed by atoms with van der Waals surface area (Å²) < 4.78 is 0. The minimum atomic E-state index is -1.10. The summed E-state index contributed by atoms with van der Waals surface area (Å²) in [6.45, 7) is 0. The topological polar surface area (TPSA) is 70.2 Å². The summed E-state index contributed by atoms with van der Waals surface area (Å²) in [5.41, 5.74) is 0.945. The number of aromatic carboxylic acids is 1. The lowest BCUT2D eigenvalue weighted by molar-refractivity contribution is 0.0697. The number of thiophene rings is 1. The monoisotopic (exact) mass is 221 g/mol. The molecule has 0 aliphatic carbocycles. The zero-order valence-electron chi connectivity index (χ0n) is 7.56. The van der Waals surface area contributed by atoms with E-state index in [4.69, 9.17) is 5.11 Å². The number of hydrogen-bond acceptors (Lipinski definition) is 3. The molecule has 5 heteroatoms. The maximum absolute atomic E-state index is 11.0. The van der Waals surface area contributed by atoms with Crippen molar-refractivity contribution in [2.45, 2.75) is 0 Å².